The van der Waals surface area contributed by atoms with Crippen LogP contribution in [-0.2, 0) is 13.7 Å². The van der Waals surface area contributed by atoms with Crippen molar-refractivity contribution in [3.8, 4) is 5.75 Å². The van der Waals surface area contributed by atoms with Crippen molar-refractivity contribution in [1.29, 1.82) is 0 Å². The first-order chi connectivity index (χ1) is 10.6. The molecular weight excluding hydrogens is 288 g/mol. The Labute approximate surface area is 124 Å². The number of fused-ring (bicyclic) bond motifs is 1. The number of carboxylic acids is 1. The van der Waals surface area contributed by atoms with Crippen LogP contribution in [-0.4, -0.2) is 30.2 Å². The number of para-hydroxylation sites is 1. The van der Waals surface area contributed by atoms with Crippen LogP contribution in [0.4, 0.5) is 0 Å². The molecule has 8 nitrogen and oxygen atoms in total. The zero-order chi connectivity index (χ0) is 15.7. The number of carboxylic acid groups (broad SMARTS) is 1. The quantitative estimate of drug-likeness (QED) is 0.761. The Kier molecular flexibility index (Phi) is 3.34. The molecule has 8 heteroatoms. The van der Waals surface area contributed by atoms with E-state index in [0.717, 1.165) is 0 Å². The Morgan fingerprint density at radius 2 is 2.05 bits per heavy atom. The van der Waals surface area contributed by atoms with Gasteiger partial charge in [0.25, 0.3) is 5.56 Å². The van der Waals surface area contributed by atoms with Crippen molar-refractivity contribution in [2.75, 3.05) is 0 Å². The Morgan fingerprint density at radius 1 is 1.27 bits per heavy atom. The second-order valence-electron chi connectivity index (χ2n) is 4.61. The minimum Gasteiger partial charge on any atom is -0.485 e. The van der Waals surface area contributed by atoms with E-state index in [9.17, 15) is 9.59 Å². The summed E-state index contributed by atoms with van der Waals surface area (Å²) in [4.78, 5) is 23.0. The van der Waals surface area contributed by atoms with Gasteiger partial charge in [-0.2, -0.15) is 0 Å². The van der Waals surface area contributed by atoms with Gasteiger partial charge in [-0.15, -0.1) is 10.2 Å². The molecule has 0 aliphatic rings. The topological polar surface area (TPSA) is 98.7 Å². The summed E-state index contributed by atoms with van der Waals surface area (Å²) in [6.07, 6.45) is 3.24. The number of benzene rings is 1. The van der Waals surface area contributed by atoms with Crippen molar-refractivity contribution in [2.45, 2.75) is 6.61 Å². The molecule has 0 atom stereocenters. The number of hydrogen-bond acceptors (Lipinski definition) is 5. The lowest BCUT2D eigenvalue weighted by Crippen LogP contribution is -2.18. The van der Waals surface area contributed by atoms with Crippen LogP contribution in [0.5, 0.6) is 5.75 Å². The molecule has 1 aromatic carbocycles. The molecule has 0 aliphatic heterocycles. The first-order valence-electron chi connectivity index (χ1n) is 6.42. The maximum Gasteiger partial charge on any atom is 0.339 e. The third kappa shape index (κ3) is 2.30. The van der Waals surface area contributed by atoms with E-state index in [4.69, 9.17) is 9.84 Å². The lowest BCUT2D eigenvalue weighted by molar-refractivity contribution is 0.0691. The van der Waals surface area contributed by atoms with Crippen LogP contribution in [0.3, 0.4) is 0 Å². The van der Waals surface area contributed by atoms with Gasteiger partial charge in [-0.25, -0.2) is 4.79 Å². The zero-order valence-corrected chi connectivity index (χ0v) is 11.6. The van der Waals surface area contributed by atoms with Crippen molar-refractivity contribution in [3.05, 3.63) is 58.4 Å². The van der Waals surface area contributed by atoms with Crippen molar-refractivity contribution in [2.24, 2.45) is 7.05 Å². The van der Waals surface area contributed by atoms with E-state index in [1.54, 1.807) is 37.6 Å². The second kappa shape index (κ2) is 5.32. The number of nitrogens with zero attached hydrogens (tertiary/aromatic N) is 4. The minimum atomic E-state index is -1.07. The minimum absolute atomic E-state index is 0.00136. The highest BCUT2D eigenvalue weighted by molar-refractivity contribution is 5.90. The predicted molar refractivity (Wildman–Crippen MR) is 76.0 cm³/mol. The number of ether oxygens (including phenoxy) is 1. The van der Waals surface area contributed by atoms with Gasteiger partial charge in [0, 0.05) is 19.4 Å². The Balaban J connectivity index is 1.91. The van der Waals surface area contributed by atoms with Gasteiger partial charge in [0.1, 0.15) is 17.9 Å². The number of aromatic nitrogens is 4. The maximum atomic E-state index is 11.9. The second-order valence-corrected chi connectivity index (χ2v) is 4.61. The van der Waals surface area contributed by atoms with Gasteiger partial charge in [0.15, 0.2) is 5.82 Å². The SMILES string of the molecule is Cn1ccn2c(COc3ccccc3C(=O)O)nnc2c1=O. The predicted octanol–water partition coefficient (Wildman–Crippen LogP) is 0.705. The normalized spacial score (nSPS) is 10.8. The average molecular weight is 300 g/mol. The summed E-state index contributed by atoms with van der Waals surface area (Å²) in [6.45, 7) is -0.00136. The molecule has 112 valence electrons. The van der Waals surface area contributed by atoms with Crippen LogP contribution in [0.2, 0.25) is 0 Å². The molecule has 2 heterocycles. The molecule has 0 fully saturated rings. The number of hydrogen-bond donors (Lipinski definition) is 1. The molecule has 0 unspecified atom stereocenters. The molecule has 0 aliphatic carbocycles. The summed E-state index contributed by atoms with van der Waals surface area (Å²) in [5.41, 5.74) is -0.0189. The molecule has 0 spiro atoms. The summed E-state index contributed by atoms with van der Waals surface area (Å²) in [6, 6.07) is 6.31. The van der Waals surface area contributed by atoms with Crippen LogP contribution < -0.4 is 10.3 Å². The monoisotopic (exact) mass is 300 g/mol. The smallest absolute Gasteiger partial charge is 0.339 e. The molecule has 0 bridgehead atoms. The van der Waals surface area contributed by atoms with Crippen LogP contribution in [0.15, 0.2) is 41.5 Å². The molecular formula is C14H12N4O4. The van der Waals surface area contributed by atoms with Crippen molar-refractivity contribution >= 4 is 11.6 Å². The van der Waals surface area contributed by atoms with E-state index in [1.807, 2.05) is 0 Å². The molecule has 0 saturated heterocycles. The lowest BCUT2D eigenvalue weighted by Gasteiger charge is -2.07. The van der Waals surface area contributed by atoms with Crippen LogP contribution in [0.1, 0.15) is 16.2 Å². The van der Waals surface area contributed by atoms with Gasteiger partial charge < -0.3 is 14.4 Å². The Morgan fingerprint density at radius 3 is 2.82 bits per heavy atom. The van der Waals surface area contributed by atoms with E-state index in [2.05, 4.69) is 10.2 Å². The van der Waals surface area contributed by atoms with E-state index in [1.165, 1.54) is 15.0 Å². The van der Waals surface area contributed by atoms with Crippen molar-refractivity contribution in [3.63, 3.8) is 0 Å². The summed E-state index contributed by atoms with van der Waals surface area (Å²) in [7, 11) is 1.62. The van der Waals surface area contributed by atoms with Gasteiger partial charge >= 0.3 is 5.97 Å². The highest BCUT2D eigenvalue weighted by Crippen LogP contribution is 2.18. The molecule has 0 radical (unpaired) electrons. The molecule has 3 aromatic rings. The highest BCUT2D eigenvalue weighted by atomic mass is 16.5. The zero-order valence-electron chi connectivity index (χ0n) is 11.6. The fourth-order valence-electron chi connectivity index (χ4n) is 2.03. The van der Waals surface area contributed by atoms with Crippen LogP contribution in [0.25, 0.3) is 5.65 Å². The molecule has 1 N–H and O–H groups in total. The van der Waals surface area contributed by atoms with E-state index < -0.39 is 5.97 Å². The van der Waals surface area contributed by atoms with Crippen LogP contribution >= 0.6 is 0 Å². The third-order valence-electron chi connectivity index (χ3n) is 3.19. The third-order valence-corrected chi connectivity index (χ3v) is 3.19. The largest absolute Gasteiger partial charge is 0.485 e. The number of aryl methyl sites for hydroxylation is 1. The summed E-state index contributed by atoms with van der Waals surface area (Å²) < 4.78 is 8.42. The maximum absolute atomic E-state index is 11.9. The van der Waals surface area contributed by atoms with Gasteiger partial charge in [0.05, 0.1) is 0 Å². The number of aromatic carboxylic acids is 1. The van der Waals surface area contributed by atoms with Gasteiger partial charge in [-0.05, 0) is 12.1 Å². The van der Waals surface area contributed by atoms with Gasteiger partial charge in [0.2, 0.25) is 5.65 Å². The molecule has 2 aromatic heterocycles. The summed E-state index contributed by atoms with van der Waals surface area (Å²) in [5.74, 6) is -0.431. The fourth-order valence-corrected chi connectivity index (χ4v) is 2.03. The Bertz CT molecular complexity index is 913. The molecule has 0 saturated carbocycles. The molecule has 3 rings (SSSR count). The van der Waals surface area contributed by atoms with Gasteiger partial charge in [-0.3, -0.25) is 9.20 Å². The van der Waals surface area contributed by atoms with Crippen molar-refractivity contribution < 1.29 is 14.6 Å². The average Bonchev–Trinajstić information content (AvgIpc) is 2.93. The van der Waals surface area contributed by atoms with E-state index in [-0.39, 0.29) is 29.1 Å². The van der Waals surface area contributed by atoms with Gasteiger partial charge in [-0.1, -0.05) is 12.1 Å². The standard InChI is InChI=1S/C14H12N4O4/c1-17-6-7-18-11(15-16-12(18)13(17)19)8-22-10-5-3-2-4-9(10)14(20)21/h2-7H,8H2,1H3,(H,20,21). The van der Waals surface area contributed by atoms with E-state index in [0.29, 0.717) is 5.82 Å². The number of rotatable bonds is 4. The highest BCUT2D eigenvalue weighted by Gasteiger charge is 2.13. The number of carbonyl (C=O) groups is 1. The van der Waals surface area contributed by atoms with Crippen molar-refractivity contribution in [1.82, 2.24) is 19.2 Å². The molecule has 22 heavy (non-hydrogen) atoms. The molecule has 0 amide bonds. The van der Waals surface area contributed by atoms with Crippen LogP contribution in [0, 0.1) is 0 Å². The fraction of sp³-hybridized carbons (Fsp3) is 0.143. The Hall–Kier alpha value is -3.16. The lowest BCUT2D eigenvalue weighted by atomic mass is 10.2. The summed E-state index contributed by atoms with van der Waals surface area (Å²) >= 11 is 0. The summed E-state index contributed by atoms with van der Waals surface area (Å²) in [5, 5.41) is 16.9. The first-order valence-corrected chi connectivity index (χ1v) is 6.42. The van der Waals surface area contributed by atoms with E-state index >= 15 is 0 Å². The first kappa shape index (κ1) is 13.8.